The molecule has 1 atom stereocenters. The maximum absolute atomic E-state index is 13.1. The molecule has 0 aromatic carbocycles. The van der Waals surface area contributed by atoms with Crippen LogP contribution in [0.25, 0.3) is 5.70 Å². The SMILES string of the molecule is C=C1NC(C)(c2ccccn2)n2c1ccc(Nc1ccncn1)c2=O. The minimum atomic E-state index is -0.811. The van der Waals surface area contributed by atoms with Crippen molar-refractivity contribution in [1.29, 1.82) is 0 Å². The number of rotatable bonds is 3. The van der Waals surface area contributed by atoms with Gasteiger partial charge in [0.15, 0.2) is 5.66 Å². The van der Waals surface area contributed by atoms with Gasteiger partial charge in [0.2, 0.25) is 0 Å². The number of pyridine rings is 2. The third kappa shape index (κ3) is 2.37. The Bertz CT molecular complexity index is 999. The summed E-state index contributed by atoms with van der Waals surface area (Å²) in [6.07, 6.45) is 4.74. The minimum absolute atomic E-state index is 0.185. The lowest BCUT2D eigenvalue weighted by Crippen LogP contribution is -2.45. The Balaban J connectivity index is 1.86. The van der Waals surface area contributed by atoms with E-state index in [9.17, 15) is 4.79 Å². The molecule has 7 nitrogen and oxygen atoms in total. The van der Waals surface area contributed by atoms with Gasteiger partial charge >= 0.3 is 0 Å². The lowest BCUT2D eigenvalue weighted by molar-refractivity contribution is 0.362. The van der Waals surface area contributed by atoms with E-state index < -0.39 is 5.66 Å². The molecule has 0 spiro atoms. The topological polar surface area (TPSA) is 84.7 Å². The number of aromatic nitrogens is 4. The van der Waals surface area contributed by atoms with E-state index in [4.69, 9.17) is 0 Å². The highest BCUT2D eigenvalue weighted by atomic mass is 16.1. The van der Waals surface area contributed by atoms with Gasteiger partial charge in [-0.05, 0) is 37.3 Å². The molecule has 1 unspecified atom stereocenters. The fraction of sp³-hybridized carbons (Fsp3) is 0.111. The van der Waals surface area contributed by atoms with Crippen LogP contribution < -0.4 is 16.2 Å². The molecule has 0 aliphatic carbocycles. The molecular formula is C18H16N6O. The quantitative estimate of drug-likeness (QED) is 0.764. The highest BCUT2D eigenvalue weighted by Gasteiger charge is 2.39. The first-order chi connectivity index (χ1) is 12.1. The number of fused-ring (bicyclic) bond motifs is 1. The smallest absolute Gasteiger partial charge is 0.277 e. The molecule has 3 aromatic heterocycles. The zero-order valence-electron chi connectivity index (χ0n) is 13.6. The van der Waals surface area contributed by atoms with Crippen molar-refractivity contribution in [2.75, 3.05) is 5.32 Å². The highest BCUT2D eigenvalue weighted by Crippen LogP contribution is 2.32. The first kappa shape index (κ1) is 15.1. The van der Waals surface area contributed by atoms with Crippen molar-refractivity contribution in [2.45, 2.75) is 12.6 Å². The molecule has 124 valence electrons. The Morgan fingerprint density at radius 1 is 1.16 bits per heavy atom. The molecule has 0 fully saturated rings. The van der Waals surface area contributed by atoms with Gasteiger partial charge in [0.25, 0.3) is 5.56 Å². The van der Waals surface area contributed by atoms with Crippen molar-refractivity contribution in [2.24, 2.45) is 0 Å². The van der Waals surface area contributed by atoms with Crippen LogP contribution in [0.2, 0.25) is 0 Å². The van der Waals surface area contributed by atoms with Crippen LogP contribution in [0.3, 0.4) is 0 Å². The molecule has 25 heavy (non-hydrogen) atoms. The molecule has 3 aromatic rings. The molecular weight excluding hydrogens is 316 g/mol. The van der Waals surface area contributed by atoms with Gasteiger partial charge in [-0.25, -0.2) is 9.97 Å². The van der Waals surface area contributed by atoms with Gasteiger partial charge in [-0.15, -0.1) is 0 Å². The predicted octanol–water partition coefficient (Wildman–Crippen LogP) is 2.07. The van der Waals surface area contributed by atoms with Gasteiger partial charge in [0.1, 0.15) is 17.8 Å². The highest BCUT2D eigenvalue weighted by molar-refractivity contribution is 5.67. The maximum atomic E-state index is 13.1. The minimum Gasteiger partial charge on any atom is -0.356 e. The van der Waals surface area contributed by atoms with E-state index in [-0.39, 0.29) is 5.56 Å². The summed E-state index contributed by atoms with van der Waals surface area (Å²) in [5, 5.41) is 6.34. The predicted molar refractivity (Wildman–Crippen MR) is 95.2 cm³/mol. The first-order valence-corrected chi connectivity index (χ1v) is 7.78. The summed E-state index contributed by atoms with van der Waals surface area (Å²) in [5.74, 6) is 0.553. The number of hydrogen-bond donors (Lipinski definition) is 2. The third-order valence-electron chi connectivity index (χ3n) is 4.24. The van der Waals surface area contributed by atoms with Gasteiger partial charge in [-0.1, -0.05) is 12.6 Å². The average Bonchev–Trinajstić information content (AvgIpc) is 2.91. The molecule has 7 heteroatoms. The Labute approximate surface area is 144 Å². The van der Waals surface area contributed by atoms with Crippen molar-refractivity contribution >= 4 is 17.2 Å². The van der Waals surface area contributed by atoms with Crippen molar-refractivity contribution in [3.05, 3.63) is 83.4 Å². The van der Waals surface area contributed by atoms with Crippen LogP contribution in [0, 0.1) is 0 Å². The fourth-order valence-corrected chi connectivity index (χ4v) is 3.06. The molecule has 0 amide bonds. The van der Waals surface area contributed by atoms with Crippen LogP contribution in [0.4, 0.5) is 11.5 Å². The Morgan fingerprint density at radius 2 is 2.04 bits per heavy atom. The average molecular weight is 332 g/mol. The summed E-state index contributed by atoms with van der Waals surface area (Å²) in [6.45, 7) is 5.94. The maximum Gasteiger partial charge on any atom is 0.277 e. The summed E-state index contributed by atoms with van der Waals surface area (Å²) in [6, 6.07) is 10.9. The first-order valence-electron chi connectivity index (χ1n) is 7.78. The monoisotopic (exact) mass is 332 g/mol. The zero-order valence-corrected chi connectivity index (χ0v) is 13.6. The lowest BCUT2D eigenvalue weighted by atomic mass is 10.1. The van der Waals surface area contributed by atoms with E-state index >= 15 is 0 Å². The summed E-state index contributed by atoms with van der Waals surface area (Å²) in [4.78, 5) is 25.5. The Hall–Kier alpha value is -3.48. The van der Waals surface area contributed by atoms with Crippen LogP contribution >= 0.6 is 0 Å². The van der Waals surface area contributed by atoms with Crippen molar-refractivity contribution < 1.29 is 0 Å². The number of hydrogen-bond acceptors (Lipinski definition) is 6. The van der Waals surface area contributed by atoms with E-state index in [1.165, 1.54) is 6.33 Å². The number of anilines is 2. The molecule has 0 saturated carbocycles. The van der Waals surface area contributed by atoms with Crippen molar-refractivity contribution in [1.82, 2.24) is 24.8 Å². The van der Waals surface area contributed by atoms with E-state index in [0.717, 1.165) is 11.4 Å². The Kier molecular flexibility index (Phi) is 3.35. The van der Waals surface area contributed by atoms with Crippen LogP contribution in [0.5, 0.6) is 0 Å². The fourth-order valence-electron chi connectivity index (χ4n) is 3.06. The lowest BCUT2D eigenvalue weighted by Gasteiger charge is -2.27. The largest absolute Gasteiger partial charge is 0.356 e. The summed E-state index contributed by atoms with van der Waals surface area (Å²) in [5.41, 5.74) is 1.56. The molecule has 4 heterocycles. The normalized spacial score (nSPS) is 18.5. The molecule has 0 bridgehead atoms. The standard InChI is InChI=1S/C18H16N6O/c1-12-14-7-6-13(22-16-8-10-19-11-21-16)17(25)24(14)18(2,23-12)15-5-3-4-9-20-15/h3-11,23H,1H2,2H3,(H,19,21,22). The number of nitrogens with zero attached hydrogens (tertiary/aromatic N) is 4. The van der Waals surface area contributed by atoms with Gasteiger partial charge in [-0.2, -0.15) is 0 Å². The van der Waals surface area contributed by atoms with Crippen LogP contribution in [-0.2, 0) is 5.66 Å². The van der Waals surface area contributed by atoms with Crippen LogP contribution in [-0.4, -0.2) is 19.5 Å². The van der Waals surface area contributed by atoms with Gasteiger partial charge in [0.05, 0.1) is 17.1 Å². The third-order valence-corrected chi connectivity index (χ3v) is 4.24. The van der Waals surface area contributed by atoms with Crippen molar-refractivity contribution in [3.63, 3.8) is 0 Å². The molecule has 0 saturated heterocycles. The second-order valence-corrected chi connectivity index (χ2v) is 5.88. The molecule has 4 rings (SSSR count). The second kappa shape index (κ2) is 5.55. The van der Waals surface area contributed by atoms with Gasteiger partial charge < -0.3 is 10.6 Å². The summed E-state index contributed by atoms with van der Waals surface area (Å²) in [7, 11) is 0. The van der Waals surface area contributed by atoms with E-state index in [1.54, 1.807) is 29.1 Å². The molecule has 2 N–H and O–H groups in total. The van der Waals surface area contributed by atoms with E-state index in [2.05, 4.69) is 32.2 Å². The van der Waals surface area contributed by atoms with Crippen molar-refractivity contribution in [3.8, 4) is 0 Å². The molecule has 1 aliphatic rings. The summed E-state index contributed by atoms with van der Waals surface area (Å²) >= 11 is 0. The molecule has 1 aliphatic heterocycles. The molecule has 0 radical (unpaired) electrons. The van der Waals surface area contributed by atoms with E-state index in [0.29, 0.717) is 17.2 Å². The zero-order chi connectivity index (χ0) is 17.4. The van der Waals surface area contributed by atoms with Gasteiger partial charge in [0, 0.05) is 12.4 Å². The van der Waals surface area contributed by atoms with Crippen LogP contribution in [0.1, 0.15) is 18.3 Å². The van der Waals surface area contributed by atoms with E-state index in [1.807, 2.05) is 31.2 Å². The number of nitrogens with one attached hydrogen (secondary N) is 2. The summed E-state index contributed by atoms with van der Waals surface area (Å²) < 4.78 is 1.67. The van der Waals surface area contributed by atoms with Crippen LogP contribution in [0.15, 0.2) is 66.5 Å². The van der Waals surface area contributed by atoms with Gasteiger partial charge in [-0.3, -0.25) is 14.3 Å². The second-order valence-electron chi connectivity index (χ2n) is 5.88. The Morgan fingerprint density at radius 3 is 2.76 bits per heavy atom.